The second-order valence-electron chi connectivity index (χ2n) is 7.03. The first-order chi connectivity index (χ1) is 13.6. The van der Waals surface area contributed by atoms with Crippen molar-refractivity contribution in [3.05, 3.63) is 59.9 Å². The molecule has 1 aliphatic rings. The van der Waals surface area contributed by atoms with Crippen LogP contribution in [0.25, 0.3) is 0 Å². The van der Waals surface area contributed by atoms with Crippen molar-refractivity contribution in [3.63, 3.8) is 0 Å². The molecular weight excluding hydrogens is 354 g/mol. The van der Waals surface area contributed by atoms with Crippen molar-refractivity contribution in [2.24, 2.45) is 0 Å². The third-order valence-electron chi connectivity index (χ3n) is 4.87. The normalized spacial score (nSPS) is 14.5. The number of hydrogen-bond donors (Lipinski definition) is 0. The summed E-state index contributed by atoms with van der Waals surface area (Å²) in [5, 5.41) is 0. The van der Waals surface area contributed by atoms with Crippen molar-refractivity contribution in [1.29, 1.82) is 0 Å². The molecule has 148 valence electrons. The average Bonchev–Trinajstić information content (AvgIpc) is 2.99. The minimum Gasteiger partial charge on any atom is -0.494 e. The van der Waals surface area contributed by atoms with E-state index >= 15 is 0 Å². The second-order valence-corrected chi connectivity index (χ2v) is 7.03. The van der Waals surface area contributed by atoms with Gasteiger partial charge in [0.1, 0.15) is 5.75 Å². The number of amides is 2. The monoisotopic (exact) mass is 381 g/mol. The molecule has 0 bridgehead atoms. The topological polar surface area (TPSA) is 62.7 Å². The molecule has 1 saturated heterocycles. The van der Waals surface area contributed by atoms with E-state index in [9.17, 15) is 9.59 Å². The molecule has 0 atom stereocenters. The minimum atomic E-state index is -0.0195. The summed E-state index contributed by atoms with van der Waals surface area (Å²) < 4.78 is 5.69. The van der Waals surface area contributed by atoms with E-state index in [-0.39, 0.29) is 11.8 Å². The standard InChI is InChI=1S/C22H27N3O3/c1-18-7-9-20(10-8-18)28-16-3-6-21(26)24-12-4-13-25(15-14-24)22(27)19-5-2-11-23-17-19/h2,5,7-11,17H,3-4,6,12-16H2,1H3. The van der Waals surface area contributed by atoms with Gasteiger partial charge in [-0.3, -0.25) is 14.6 Å². The van der Waals surface area contributed by atoms with Crippen molar-refractivity contribution in [2.45, 2.75) is 26.2 Å². The van der Waals surface area contributed by atoms with Gasteiger partial charge in [-0.05, 0) is 44.0 Å². The molecule has 0 saturated carbocycles. The number of aromatic nitrogens is 1. The number of nitrogens with zero attached hydrogens (tertiary/aromatic N) is 3. The lowest BCUT2D eigenvalue weighted by Gasteiger charge is -2.22. The van der Waals surface area contributed by atoms with Gasteiger partial charge in [0.25, 0.3) is 5.91 Å². The summed E-state index contributed by atoms with van der Waals surface area (Å²) in [6, 6.07) is 11.4. The predicted octanol–water partition coefficient (Wildman–Crippen LogP) is 2.92. The lowest BCUT2D eigenvalue weighted by molar-refractivity contribution is -0.131. The fourth-order valence-electron chi connectivity index (χ4n) is 3.25. The lowest BCUT2D eigenvalue weighted by Crippen LogP contribution is -2.37. The van der Waals surface area contributed by atoms with Gasteiger partial charge < -0.3 is 14.5 Å². The van der Waals surface area contributed by atoms with Crippen LogP contribution in [0.2, 0.25) is 0 Å². The first-order valence-electron chi connectivity index (χ1n) is 9.80. The van der Waals surface area contributed by atoms with Crippen molar-refractivity contribution >= 4 is 11.8 Å². The summed E-state index contributed by atoms with van der Waals surface area (Å²) in [5.41, 5.74) is 1.79. The zero-order valence-corrected chi connectivity index (χ0v) is 16.3. The maximum Gasteiger partial charge on any atom is 0.255 e. The van der Waals surface area contributed by atoms with E-state index in [4.69, 9.17) is 4.74 Å². The van der Waals surface area contributed by atoms with Gasteiger partial charge in [-0.2, -0.15) is 0 Å². The number of carbonyl (C=O) groups excluding carboxylic acids is 2. The van der Waals surface area contributed by atoms with E-state index in [0.717, 1.165) is 12.2 Å². The van der Waals surface area contributed by atoms with Gasteiger partial charge in [-0.1, -0.05) is 17.7 Å². The van der Waals surface area contributed by atoms with Crippen LogP contribution in [0.1, 0.15) is 35.2 Å². The van der Waals surface area contributed by atoms with Crippen LogP contribution < -0.4 is 4.74 Å². The highest BCUT2D eigenvalue weighted by atomic mass is 16.5. The second kappa shape index (κ2) is 9.88. The van der Waals surface area contributed by atoms with Crippen molar-refractivity contribution in [2.75, 3.05) is 32.8 Å². The molecule has 0 unspecified atom stereocenters. The summed E-state index contributed by atoms with van der Waals surface area (Å²) in [5.74, 6) is 0.939. The number of rotatable bonds is 6. The van der Waals surface area contributed by atoms with Crippen molar-refractivity contribution < 1.29 is 14.3 Å². The average molecular weight is 381 g/mol. The number of pyridine rings is 1. The summed E-state index contributed by atoms with van der Waals surface area (Å²) in [7, 11) is 0. The Balaban J connectivity index is 1.41. The Labute approximate surface area is 166 Å². The zero-order chi connectivity index (χ0) is 19.8. The molecule has 0 radical (unpaired) electrons. The Morgan fingerprint density at radius 1 is 1.04 bits per heavy atom. The van der Waals surface area contributed by atoms with E-state index in [1.165, 1.54) is 5.56 Å². The van der Waals surface area contributed by atoms with Gasteiger partial charge >= 0.3 is 0 Å². The minimum absolute atomic E-state index is 0.0195. The van der Waals surface area contributed by atoms with Crippen molar-refractivity contribution in [1.82, 2.24) is 14.8 Å². The van der Waals surface area contributed by atoms with Crippen LogP contribution in [0.15, 0.2) is 48.8 Å². The van der Waals surface area contributed by atoms with Crippen LogP contribution in [-0.4, -0.2) is 59.4 Å². The quantitative estimate of drug-likeness (QED) is 0.722. The molecule has 2 amide bonds. The first kappa shape index (κ1) is 19.9. The highest BCUT2D eigenvalue weighted by Gasteiger charge is 2.22. The molecule has 2 aromatic rings. The molecule has 3 rings (SSSR count). The van der Waals surface area contributed by atoms with Gasteiger partial charge in [0.15, 0.2) is 0 Å². The first-order valence-corrected chi connectivity index (χ1v) is 9.80. The highest BCUT2D eigenvalue weighted by Crippen LogP contribution is 2.13. The number of aryl methyl sites for hydroxylation is 1. The van der Waals surface area contributed by atoms with E-state index in [1.807, 2.05) is 41.0 Å². The number of carbonyl (C=O) groups is 2. The molecule has 2 heterocycles. The van der Waals surface area contributed by atoms with Crippen LogP contribution in [-0.2, 0) is 4.79 Å². The molecule has 1 aromatic carbocycles. The third kappa shape index (κ3) is 5.55. The van der Waals surface area contributed by atoms with Crippen LogP contribution in [0.3, 0.4) is 0 Å². The Kier molecular flexibility index (Phi) is 7.00. The number of hydrogen-bond acceptors (Lipinski definition) is 4. The molecule has 1 fully saturated rings. The van der Waals surface area contributed by atoms with Gasteiger partial charge in [-0.15, -0.1) is 0 Å². The fraction of sp³-hybridized carbons (Fsp3) is 0.409. The van der Waals surface area contributed by atoms with Crippen molar-refractivity contribution in [3.8, 4) is 5.75 Å². The summed E-state index contributed by atoms with van der Waals surface area (Å²) in [4.78, 5) is 32.8. The molecule has 28 heavy (non-hydrogen) atoms. The molecule has 1 aromatic heterocycles. The highest BCUT2D eigenvalue weighted by molar-refractivity contribution is 5.93. The SMILES string of the molecule is Cc1ccc(OCCCC(=O)N2CCCN(C(=O)c3cccnc3)CC2)cc1. The molecule has 0 N–H and O–H groups in total. The summed E-state index contributed by atoms with van der Waals surface area (Å²) in [6.45, 7) is 5.04. The number of ether oxygens (including phenoxy) is 1. The summed E-state index contributed by atoms with van der Waals surface area (Å²) >= 11 is 0. The Bertz CT molecular complexity index is 777. The zero-order valence-electron chi connectivity index (χ0n) is 16.3. The number of benzene rings is 1. The molecule has 0 aliphatic carbocycles. The van der Waals surface area contributed by atoms with Crippen LogP contribution in [0.4, 0.5) is 0 Å². The van der Waals surface area contributed by atoms with Crippen LogP contribution >= 0.6 is 0 Å². The molecule has 1 aliphatic heterocycles. The Morgan fingerprint density at radius 2 is 1.79 bits per heavy atom. The van der Waals surface area contributed by atoms with Gasteiger partial charge in [0.05, 0.1) is 12.2 Å². The maximum atomic E-state index is 12.6. The molecule has 6 nitrogen and oxygen atoms in total. The van der Waals surface area contributed by atoms with E-state index in [0.29, 0.717) is 51.2 Å². The van der Waals surface area contributed by atoms with E-state index < -0.39 is 0 Å². The third-order valence-corrected chi connectivity index (χ3v) is 4.87. The molecule has 6 heteroatoms. The maximum absolute atomic E-state index is 12.6. The van der Waals surface area contributed by atoms with Gasteiger partial charge in [0, 0.05) is 45.0 Å². The molecular formula is C22H27N3O3. The van der Waals surface area contributed by atoms with Gasteiger partial charge in [0.2, 0.25) is 5.91 Å². The summed E-state index contributed by atoms with van der Waals surface area (Å²) in [6.07, 6.45) is 5.17. The fourth-order valence-corrected chi connectivity index (χ4v) is 3.25. The molecule has 0 spiro atoms. The van der Waals surface area contributed by atoms with E-state index in [1.54, 1.807) is 24.5 Å². The largest absolute Gasteiger partial charge is 0.494 e. The van der Waals surface area contributed by atoms with E-state index in [2.05, 4.69) is 4.98 Å². The van der Waals surface area contributed by atoms with Crippen LogP contribution in [0, 0.1) is 6.92 Å². The van der Waals surface area contributed by atoms with Gasteiger partial charge in [-0.25, -0.2) is 0 Å². The lowest BCUT2D eigenvalue weighted by atomic mass is 10.2. The smallest absolute Gasteiger partial charge is 0.255 e. The Morgan fingerprint density at radius 3 is 2.54 bits per heavy atom. The predicted molar refractivity (Wildman–Crippen MR) is 107 cm³/mol. The Hall–Kier alpha value is -2.89. The van der Waals surface area contributed by atoms with Crippen LogP contribution in [0.5, 0.6) is 5.75 Å².